The van der Waals surface area contributed by atoms with Gasteiger partial charge in [-0.1, -0.05) is 44.7 Å². The van der Waals surface area contributed by atoms with E-state index in [-0.39, 0.29) is 12.0 Å². The zero-order chi connectivity index (χ0) is 19.5. The number of carbonyl (C=O) groups is 1. The molecule has 0 aliphatic carbocycles. The van der Waals surface area contributed by atoms with Gasteiger partial charge in [0.25, 0.3) is 5.91 Å². The van der Waals surface area contributed by atoms with Crippen LogP contribution in [0.25, 0.3) is 0 Å². The summed E-state index contributed by atoms with van der Waals surface area (Å²) in [6.45, 7) is 6.85. The summed E-state index contributed by atoms with van der Waals surface area (Å²) in [5.74, 6) is 1.30. The summed E-state index contributed by atoms with van der Waals surface area (Å²) in [5.41, 5.74) is 1.26. The number of unbranched alkanes of at least 4 members (excludes halogenated alkanes) is 4. The summed E-state index contributed by atoms with van der Waals surface area (Å²) in [6, 6.07) is 14.7. The van der Waals surface area contributed by atoms with Crippen LogP contribution in [-0.2, 0) is 0 Å². The van der Waals surface area contributed by atoms with Crippen LogP contribution in [0.1, 0.15) is 63.2 Å². The van der Waals surface area contributed by atoms with Crippen molar-refractivity contribution in [3.05, 3.63) is 54.1 Å². The Morgan fingerprint density at radius 2 is 1.67 bits per heavy atom. The van der Waals surface area contributed by atoms with Crippen molar-refractivity contribution in [1.82, 2.24) is 0 Å². The first kappa shape index (κ1) is 20.8. The highest BCUT2D eigenvalue weighted by Gasteiger charge is 2.11. The molecule has 0 heterocycles. The Bertz CT molecular complexity index is 695. The molecule has 0 atom stereocenters. The summed E-state index contributed by atoms with van der Waals surface area (Å²) in [5, 5.41) is 2.92. The Kier molecular flexibility index (Phi) is 8.69. The van der Waals surface area contributed by atoms with Crippen molar-refractivity contribution in [3.63, 3.8) is 0 Å². The van der Waals surface area contributed by atoms with Gasteiger partial charge in [-0.15, -0.1) is 0 Å². The Morgan fingerprint density at radius 1 is 0.963 bits per heavy atom. The van der Waals surface area contributed by atoms with Crippen LogP contribution < -0.4 is 14.8 Å². The summed E-state index contributed by atoms with van der Waals surface area (Å²) in [4.78, 5) is 12.5. The molecule has 0 unspecified atom stereocenters. The Labute approximate surface area is 162 Å². The predicted molar refractivity (Wildman–Crippen MR) is 111 cm³/mol. The van der Waals surface area contributed by atoms with Gasteiger partial charge in [-0.3, -0.25) is 4.79 Å². The number of amides is 1. The van der Waals surface area contributed by atoms with Crippen LogP contribution in [0.2, 0.25) is 0 Å². The van der Waals surface area contributed by atoms with Crippen LogP contribution in [0.3, 0.4) is 0 Å². The van der Waals surface area contributed by atoms with E-state index in [0.717, 1.165) is 18.8 Å². The maximum Gasteiger partial charge on any atom is 0.255 e. The first-order valence-electron chi connectivity index (χ1n) is 9.90. The van der Waals surface area contributed by atoms with Crippen LogP contribution in [0, 0.1) is 0 Å². The van der Waals surface area contributed by atoms with E-state index in [1.54, 1.807) is 12.1 Å². The molecular formula is C23H31NO3. The van der Waals surface area contributed by atoms with Crippen LogP contribution in [0.4, 0.5) is 5.69 Å². The van der Waals surface area contributed by atoms with Crippen LogP contribution in [-0.4, -0.2) is 18.6 Å². The highest BCUT2D eigenvalue weighted by molar-refractivity contribution is 6.05. The third-order valence-electron chi connectivity index (χ3n) is 4.13. The average Bonchev–Trinajstić information content (AvgIpc) is 2.66. The molecule has 1 N–H and O–H groups in total. The Hall–Kier alpha value is -2.49. The molecule has 2 aromatic rings. The largest absolute Gasteiger partial charge is 0.494 e. The van der Waals surface area contributed by atoms with Crippen molar-refractivity contribution in [3.8, 4) is 11.5 Å². The predicted octanol–water partition coefficient (Wildman–Crippen LogP) is 6.08. The lowest BCUT2D eigenvalue weighted by Crippen LogP contribution is -2.14. The van der Waals surface area contributed by atoms with E-state index < -0.39 is 0 Å². The van der Waals surface area contributed by atoms with Crippen LogP contribution >= 0.6 is 0 Å². The van der Waals surface area contributed by atoms with E-state index in [1.165, 1.54) is 25.7 Å². The van der Waals surface area contributed by atoms with E-state index in [9.17, 15) is 4.79 Å². The fourth-order valence-corrected chi connectivity index (χ4v) is 2.72. The molecule has 0 bridgehead atoms. The van der Waals surface area contributed by atoms with E-state index in [2.05, 4.69) is 12.2 Å². The second-order valence-electron chi connectivity index (χ2n) is 6.90. The molecule has 0 aromatic heterocycles. The van der Waals surface area contributed by atoms with Gasteiger partial charge in [0.05, 0.1) is 18.4 Å². The lowest BCUT2D eigenvalue weighted by atomic mass is 10.1. The number of benzene rings is 2. The monoisotopic (exact) mass is 369 g/mol. The van der Waals surface area contributed by atoms with Gasteiger partial charge < -0.3 is 14.8 Å². The van der Waals surface area contributed by atoms with Gasteiger partial charge in [-0.05, 0) is 56.7 Å². The maximum absolute atomic E-state index is 12.5. The second kappa shape index (κ2) is 11.3. The molecule has 27 heavy (non-hydrogen) atoms. The fraction of sp³-hybridized carbons (Fsp3) is 0.435. The van der Waals surface area contributed by atoms with Crippen molar-refractivity contribution < 1.29 is 14.3 Å². The van der Waals surface area contributed by atoms with Gasteiger partial charge in [0.15, 0.2) is 0 Å². The minimum Gasteiger partial charge on any atom is -0.494 e. The van der Waals surface area contributed by atoms with Crippen molar-refractivity contribution in [2.24, 2.45) is 0 Å². The van der Waals surface area contributed by atoms with Crippen LogP contribution in [0.5, 0.6) is 11.5 Å². The number of para-hydroxylation sites is 2. The van der Waals surface area contributed by atoms with E-state index in [4.69, 9.17) is 9.47 Å². The molecular weight excluding hydrogens is 338 g/mol. The first-order valence-corrected chi connectivity index (χ1v) is 9.90. The van der Waals surface area contributed by atoms with Crippen molar-refractivity contribution >= 4 is 11.6 Å². The number of hydrogen-bond donors (Lipinski definition) is 1. The number of carbonyl (C=O) groups excluding carboxylic acids is 1. The van der Waals surface area contributed by atoms with E-state index in [0.29, 0.717) is 17.0 Å². The van der Waals surface area contributed by atoms with Crippen molar-refractivity contribution in [1.29, 1.82) is 0 Å². The van der Waals surface area contributed by atoms with Gasteiger partial charge >= 0.3 is 0 Å². The normalized spacial score (nSPS) is 10.7. The number of hydrogen-bond acceptors (Lipinski definition) is 3. The highest BCUT2D eigenvalue weighted by Crippen LogP contribution is 2.25. The molecule has 0 fully saturated rings. The number of ether oxygens (including phenoxy) is 2. The van der Waals surface area contributed by atoms with Gasteiger partial charge in [0, 0.05) is 5.56 Å². The summed E-state index contributed by atoms with van der Waals surface area (Å²) < 4.78 is 11.5. The third-order valence-corrected chi connectivity index (χ3v) is 4.13. The number of anilines is 1. The van der Waals surface area contributed by atoms with Gasteiger partial charge in [0.1, 0.15) is 11.5 Å². The highest BCUT2D eigenvalue weighted by atomic mass is 16.5. The van der Waals surface area contributed by atoms with E-state index in [1.807, 2.05) is 50.2 Å². The molecule has 2 rings (SSSR count). The summed E-state index contributed by atoms with van der Waals surface area (Å²) in [7, 11) is 0. The van der Waals surface area contributed by atoms with Gasteiger partial charge in [-0.25, -0.2) is 0 Å². The standard InChI is InChI=1S/C23H31NO3/c1-4-5-6-7-10-17-26-20-15-13-19(14-16-20)23(25)24-21-11-8-9-12-22(21)27-18(2)3/h8-9,11-16,18H,4-7,10,17H2,1-3H3,(H,24,25). The molecule has 1 amide bonds. The third kappa shape index (κ3) is 7.33. The van der Waals surface area contributed by atoms with Crippen molar-refractivity contribution in [2.45, 2.75) is 59.0 Å². The molecule has 4 heteroatoms. The zero-order valence-electron chi connectivity index (χ0n) is 16.7. The minimum atomic E-state index is -0.166. The fourth-order valence-electron chi connectivity index (χ4n) is 2.72. The molecule has 0 saturated carbocycles. The number of nitrogens with one attached hydrogen (secondary N) is 1. The van der Waals surface area contributed by atoms with Crippen LogP contribution in [0.15, 0.2) is 48.5 Å². The molecule has 0 spiro atoms. The lowest BCUT2D eigenvalue weighted by Gasteiger charge is -2.15. The van der Waals surface area contributed by atoms with Gasteiger partial charge in [-0.2, -0.15) is 0 Å². The second-order valence-corrected chi connectivity index (χ2v) is 6.90. The van der Waals surface area contributed by atoms with Gasteiger partial charge in [0.2, 0.25) is 0 Å². The molecule has 0 aliphatic heterocycles. The lowest BCUT2D eigenvalue weighted by molar-refractivity contribution is 0.102. The molecule has 0 saturated heterocycles. The number of rotatable bonds is 11. The maximum atomic E-state index is 12.5. The topological polar surface area (TPSA) is 47.6 Å². The molecule has 4 nitrogen and oxygen atoms in total. The molecule has 0 radical (unpaired) electrons. The Morgan fingerprint density at radius 3 is 2.37 bits per heavy atom. The zero-order valence-corrected chi connectivity index (χ0v) is 16.7. The average molecular weight is 370 g/mol. The minimum absolute atomic E-state index is 0.0430. The SMILES string of the molecule is CCCCCCCOc1ccc(C(=O)Nc2ccccc2OC(C)C)cc1. The molecule has 2 aromatic carbocycles. The first-order chi connectivity index (χ1) is 13.1. The summed E-state index contributed by atoms with van der Waals surface area (Å²) >= 11 is 0. The quantitative estimate of drug-likeness (QED) is 0.489. The molecule has 146 valence electrons. The smallest absolute Gasteiger partial charge is 0.255 e. The van der Waals surface area contributed by atoms with Crippen molar-refractivity contribution in [2.75, 3.05) is 11.9 Å². The summed E-state index contributed by atoms with van der Waals surface area (Å²) in [6.07, 6.45) is 6.11. The molecule has 0 aliphatic rings. The van der Waals surface area contributed by atoms with E-state index >= 15 is 0 Å². The Balaban J connectivity index is 1.87.